The third kappa shape index (κ3) is 6.03. The number of carbonyl (C=O) groups excluding carboxylic acids is 2. The van der Waals surface area contributed by atoms with Crippen molar-refractivity contribution in [3.05, 3.63) is 66.2 Å². The number of anilines is 1. The van der Waals surface area contributed by atoms with Gasteiger partial charge in [0.15, 0.2) is 0 Å². The lowest BCUT2D eigenvalue weighted by Gasteiger charge is -2.31. The fraction of sp³-hybridized carbons (Fsp3) is 0.400. The number of rotatable bonds is 12. The van der Waals surface area contributed by atoms with Crippen molar-refractivity contribution >= 4 is 38.3 Å². The fourth-order valence-electron chi connectivity index (χ4n) is 5.03. The van der Waals surface area contributed by atoms with E-state index >= 15 is 0 Å². The second-order valence-corrected chi connectivity index (χ2v) is 12.1. The Bertz CT molecular complexity index is 1450. The van der Waals surface area contributed by atoms with Crippen molar-refractivity contribution in [1.82, 2.24) is 10.2 Å². The first-order chi connectivity index (χ1) is 18.7. The third-order valence-corrected chi connectivity index (χ3v) is 8.85. The molecule has 39 heavy (non-hydrogen) atoms. The van der Waals surface area contributed by atoms with Gasteiger partial charge in [0.2, 0.25) is 11.8 Å². The minimum absolute atomic E-state index is 0.107. The number of sulfonamides is 1. The van der Waals surface area contributed by atoms with Crippen molar-refractivity contribution in [3.63, 3.8) is 0 Å². The molecule has 0 bridgehead atoms. The second kappa shape index (κ2) is 12.1. The third-order valence-electron chi connectivity index (χ3n) is 6.99. The van der Waals surface area contributed by atoms with Crippen molar-refractivity contribution in [2.24, 2.45) is 5.92 Å². The highest BCUT2D eigenvalue weighted by Crippen LogP contribution is 2.42. The molecule has 1 unspecified atom stereocenters. The summed E-state index contributed by atoms with van der Waals surface area (Å²) in [4.78, 5) is 28.7. The predicted molar refractivity (Wildman–Crippen MR) is 153 cm³/mol. The number of methoxy groups -OCH3 is 1. The van der Waals surface area contributed by atoms with Gasteiger partial charge in [0.05, 0.1) is 17.7 Å². The van der Waals surface area contributed by atoms with Crippen LogP contribution in [0.1, 0.15) is 45.6 Å². The summed E-state index contributed by atoms with van der Waals surface area (Å²) in [7, 11) is -2.11. The van der Waals surface area contributed by atoms with E-state index in [1.165, 1.54) is 4.31 Å². The average Bonchev–Trinajstić information content (AvgIpc) is 3.14. The maximum Gasteiger partial charge on any atom is 0.265 e. The molecule has 8 nitrogen and oxygen atoms in total. The van der Waals surface area contributed by atoms with Gasteiger partial charge in [-0.2, -0.15) is 0 Å². The molecule has 3 aromatic rings. The van der Waals surface area contributed by atoms with Crippen molar-refractivity contribution in [1.29, 1.82) is 0 Å². The molecule has 1 N–H and O–H groups in total. The van der Waals surface area contributed by atoms with Gasteiger partial charge in [0.1, 0.15) is 11.8 Å². The zero-order valence-corrected chi connectivity index (χ0v) is 23.8. The molecule has 0 saturated heterocycles. The molecule has 1 heterocycles. The molecule has 0 fully saturated rings. The lowest BCUT2D eigenvalue weighted by molar-refractivity contribution is -0.141. The number of amides is 2. The van der Waals surface area contributed by atoms with Crippen molar-refractivity contribution < 1.29 is 22.7 Å². The number of nitrogens with zero attached hydrogens (tertiary/aromatic N) is 2. The Hall–Kier alpha value is -3.59. The van der Waals surface area contributed by atoms with E-state index in [1.807, 2.05) is 63.2 Å². The number of hydrogen-bond donors (Lipinski definition) is 1. The molecular formula is C30H37N3O5S. The van der Waals surface area contributed by atoms with Crippen LogP contribution in [0.3, 0.4) is 0 Å². The number of carbonyl (C=O) groups is 2. The summed E-state index contributed by atoms with van der Waals surface area (Å²) in [5.74, 6) is 0.568. The lowest BCUT2D eigenvalue weighted by Crippen LogP contribution is -2.49. The zero-order valence-electron chi connectivity index (χ0n) is 23.0. The smallest absolute Gasteiger partial charge is 0.265 e. The Morgan fingerprint density at radius 3 is 2.46 bits per heavy atom. The van der Waals surface area contributed by atoms with E-state index in [1.54, 1.807) is 30.2 Å². The van der Waals surface area contributed by atoms with Gasteiger partial charge in [-0.1, -0.05) is 57.2 Å². The summed E-state index contributed by atoms with van der Waals surface area (Å²) in [5.41, 5.74) is 1.49. The quantitative estimate of drug-likeness (QED) is 0.352. The first-order valence-electron chi connectivity index (χ1n) is 13.4. The van der Waals surface area contributed by atoms with E-state index in [0.29, 0.717) is 35.7 Å². The molecule has 1 atom stereocenters. The van der Waals surface area contributed by atoms with Gasteiger partial charge in [-0.3, -0.25) is 13.9 Å². The molecule has 0 aliphatic carbocycles. The second-order valence-electron chi connectivity index (χ2n) is 10.2. The van der Waals surface area contributed by atoms with Crippen molar-refractivity contribution in [2.45, 2.75) is 57.5 Å². The molecule has 3 aromatic carbocycles. The van der Waals surface area contributed by atoms with Gasteiger partial charge in [0, 0.05) is 31.4 Å². The van der Waals surface area contributed by atoms with E-state index in [0.717, 1.165) is 16.3 Å². The zero-order chi connectivity index (χ0) is 28.2. The molecule has 0 spiro atoms. The Kier molecular flexibility index (Phi) is 8.80. The summed E-state index contributed by atoms with van der Waals surface area (Å²) in [6.07, 6.45) is 0.884. The average molecular weight is 552 g/mol. The number of benzene rings is 3. The van der Waals surface area contributed by atoms with Gasteiger partial charge in [-0.25, -0.2) is 8.42 Å². The fourth-order valence-corrected chi connectivity index (χ4v) is 6.77. The van der Waals surface area contributed by atoms with E-state index < -0.39 is 16.1 Å². The van der Waals surface area contributed by atoms with Crippen LogP contribution in [0.25, 0.3) is 10.8 Å². The van der Waals surface area contributed by atoms with Crippen molar-refractivity contribution in [2.75, 3.05) is 24.5 Å². The molecule has 2 amide bonds. The molecule has 0 saturated carbocycles. The van der Waals surface area contributed by atoms with E-state index in [2.05, 4.69) is 5.32 Å². The van der Waals surface area contributed by atoms with E-state index in [9.17, 15) is 18.0 Å². The van der Waals surface area contributed by atoms with Crippen molar-refractivity contribution in [3.8, 4) is 5.75 Å². The van der Waals surface area contributed by atoms with Crippen LogP contribution in [0.5, 0.6) is 5.75 Å². The van der Waals surface area contributed by atoms with Crippen LogP contribution in [-0.2, 0) is 26.2 Å². The van der Waals surface area contributed by atoms with Crippen LogP contribution < -0.4 is 14.4 Å². The lowest BCUT2D eigenvalue weighted by atomic mass is 10.1. The molecule has 9 heteroatoms. The molecular weight excluding hydrogens is 514 g/mol. The Morgan fingerprint density at radius 1 is 1.05 bits per heavy atom. The molecule has 4 rings (SSSR count). The molecule has 0 aromatic heterocycles. The van der Waals surface area contributed by atoms with Crippen LogP contribution in [0.15, 0.2) is 65.6 Å². The van der Waals surface area contributed by atoms with E-state index in [-0.39, 0.29) is 37.2 Å². The Labute approximate surface area is 231 Å². The summed E-state index contributed by atoms with van der Waals surface area (Å²) >= 11 is 0. The molecule has 0 radical (unpaired) electrons. The van der Waals surface area contributed by atoms with Crippen LogP contribution in [-0.4, -0.2) is 51.4 Å². The Morgan fingerprint density at radius 2 is 1.77 bits per heavy atom. The monoisotopic (exact) mass is 551 g/mol. The Balaban J connectivity index is 1.52. The van der Waals surface area contributed by atoms with Crippen LogP contribution in [0.4, 0.5) is 5.69 Å². The minimum Gasteiger partial charge on any atom is -0.497 e. The maximum atomic E-state index is 13.6. The number of nitrogens with one attached hydrogen (secondary N) is 1. The van der Waals surface area contributed by atoms with Gasteiger partial charge in [0.25, 0.3) is 10.0 Å². The van der Waals surface area contributed by atoms with Crippen LogP contribution in [0.2, 0.25) is 0 Å². The standard InChI is InChI=1S/C30H37N3O5S/c1-5-25(30(35)31-19-21(2)3)32(20-22-10-6-13-24(18-22)38-4)28(34)16-9-17-33-26-14-7-11-23-12-8-15-27(29(23)26)39(33,36)37/h6-8,10-15,18,21,25H,5,9,16-17,19-20H2,1-4H3,(H,31,35). The van der Waals surface area contributed by atoms with Gasteiger partial charge >= 0.3 is 0 Å². The van der Waals surface area contributed by atoms with Crippen LogP contribution >= 0.6 is 0 Å². The molecule has 1 aliphatic rings. The van der Waals surface area contributed by atoms with Gasteiger partial charge in [-0.15, -0.1) is 0 Å². The first kappa shape index (κ1) is 28.4. The number of hydrogen-bond acceptors (Lipinski definition) is 5. The molecule has 208 valence electrons. The highest BCUT2D eigenvalue weighted by molar-refractivity contribution is 7.93. The summed E-state index contributed by atoms with van der Waals surface area (Å²) in [6.45, 7) is 6.87. The topological polar surface area (TPSA) is 96.0 Å². The highest BCUT2D eigenvalue weighted by Gasteiger charge is 2.35. The SMILES string of the molecule is CCC(C(=O)NCC(C)C)N(Cc1cccc(OC)c1)C(=O)CCCN1c2cccc3cccc(c23)S1(=O)=O. The number of ether oxygens (including phenoxy) is 1. The van der Waals surface area contributed by atoms with E-state index in [4.69, 9.17) is 4.74 Å². The van der Waals surface area contributed by atoms with Crippen LogP contribution in [0, 0.1) is 5.92 Å². The first-order valence-corrected chi connectivity index (χ1v) is 14.9. The maximum absolute atomic E-state index is 13.6. The normalized spacial score (nSPS) is 14.4. The predicted octanol–water partition coefficient (Wildman–Crippen LogP) is 4.72. The highest BCUT2D eigenvalue weighted by atomic mass is 32.2. The summed E-state index contributed by atoms with van der Waals surface area (Å²) in [6, 6.07) is 17.6. The van der Waals surface area contributed by atoms with Gasteiger partial charge in [-0.05, 0) is 54.0 Å². The minimum atomic E-state index is -3.69. The largest absolute Gasteiger partial charge is 0.497 e. The molecule has 1 aliphatic heterocycles. The summed E-state index contributed by atoms with van der Waals surface area (Å²) < 4.78 is 33.4. The summed E-state index contributed by atoms with van der Waals surface area (Å²) in [5, 5.41) is 4.56. The van der Waals surface area contributed by atoms with Gasteiger partial charge < -0.3 is 15.0 Å².